The van der Waals surface area contributed by atoms with Crippen LogP contribution in [0.25, 0.3) is 11.0 Å². The number of aromatic nitrogens is 2. The zero-order valence-electron chi connectivity index (χ0n) is 10.4. The number of H-pyrrole nitrogens is 1. The SMILES string of the molecule is O=C(O)c1c(F)cc(Br)cc1Oc1cnc2[nH]ccc2c1. The van der Waals surface area contributed by atoms with Gasteiger partial charge in [0.1, 0.15) is 28.5 Å². The fourth-order valence-electron chi connectivity index (χ4n) is 1.94. The molecule has 21 heavy (non-hydrogen) atoms. The standard InChI is InChI=1S/C14H8BrFN2O3/c15-8-4-10(16)12(14(19)20)11(5-8)21-9-3-7-1-2-17-13(7)18-6-9/h1-6H,(H,17,18)(H,19,20). The van der Waals surface area contributed by atoms with Crippen molar-refractivity contribution in [3.05, 3.63) is 52.5 Å². The van der Waals surface area contributed by atoms with Crippen LogP contribution in [0.5, 0.6) is 11.5 Å². The minimum atomic E-state index is -1.40. The predicted molar refractivity (Wildman–Crippen MR) is 77.2 cm³/mol. The number of pyridine rings is 1. The molecule has 0 aliphatic carbocycles. The Morgan fingerprint density at radius 2 is 2.19 bits per heavy atom. The Bertz CT molecular complexity index is 847. The van der Waals surface area contributed by atoms with Gasteiger partial charge in [0.2, 0.25) is 0 Å². The number of halogens is 2. The number of carbonyl (C=O) groups is 1. The van der Waals surface area contributed by atoms with E-state index in [9.17, 15) is 9.18 Å². The van der Waals surface area contributed by atoms with E-state index < -0.39 is 17.3 Å². The smallest absolute Gasteiger partial charge is 0.342 e. The van der Waals surface area contributed by atoms with E-state index in [0.29, 0.717) is 15.9 Å². The molecule has 2 N–H and O–H groups in total. The molecular weight excluding hydrogens is 343 g/mol. The summed E-state index contributed by atoms with van der Waals surface area (Å²) in [5, 5.41) is 9.90. The molecular formula is C14H8BrFN2O3. The molecule has 0 unspecified atom stereocenters. The van der Waals surface area contributed by atoms with Gasteiger partial charge in [0.25, 0.3) is 0 Å². The molecule has 5 nitrogen and oxygen atoms in total. The summed E-state index contributed by atoms with van der Waals surface area (Å²) in [6.45, 7) is 0. The fourth-order valence-corrected chi connectivity index (χ4v) is 2.35. The van der Waals surface area contributed by atoms with Crippen LogP contribution in [0.2, 0.25) is 0 Å². The lowest BCUT2D eigenvalue weighted by Crippen LogP contribution is -2.04. The molecule has 0 fully saturated rings. The normalized spacial score (nSPS) is 10.8. The average Bonchev–Trinajstić information content (AvgIpc) is 2.84. The second kappa shape index (κ2) is 5.17. The third-order valence-corrected chi connectivity index (χ3v) is 3.29. The second-order valence-corrected chi connectivity index (χ2v) is 5.17. The number of hydrogen-bond acceptors (Lipinski definition) is 3. The van der Waals surface area contributed by atoms with Crippen molar-refractivity contribution in [3.63, 3.8) is 0 Å². The maximum Gasteiger partial charge on any atom is 0.342 e. The highest BCUT2D eigenvalue weighted by molar-refractivity contribution is 9.10. The Balaban J connectivity index is 2.06. The Morgan fingerprint density at radius 3 is 2.95 bits per heavy atom. The first-order valence-electron chi connectivity index (χ1n) is 5.88. The molecule has 106 valence electrons. The topological polar surface area (TPSA) is 75.2 Å². The Morgan fingerprint density at radius 1 is 1.38 bits per heavy atom. The third kappa shape index (κ3) is 2.59. The zero-order chi connectivity index (χ0) is 15.0. The van der Waals surface area contributed by atoms with Gasteiger partial charge in [-0.25, -0.2) is 14.2 Å². The first-order valence-corrected chi connectivity index (χ1v) is 6.67. The lowest BCUT2D eigenvalue weighted by Gasteiger charge is -2.10. The van der Waals surface area contributed by atoms with Crippen LogP contribution in [-0.4, -0.2) is 21.0 Å². The van der Waals surface area contributed by atoms with Gasteiger partial charge in [-0.15, -0.1) is 0 Å². The predicted octanol–water partition coefficient (Wildman–Crippen LogP) is 3.96. The van der Waals surface area contributed by atoms with Gasteiger partial charge >= 0.3 is 5.97 Å². The van der Waals surface area contributed by atoms with Gasteiger partial charge < -0.3 is 14.8 Å². The number of carboxylic acid groups (broad SMARTS) is 1. The van der Waals surface area contributed by atoms with Crippen LogP contribution >= 0.6 is 15.9 Å². The van der Waals surface area contributed by atoms with Crippen molar-refractivity contribution in [2.24, 2.45) is 0 Å². The molecule has 0 atom stereocenters. The number of benzene rings is 1. The summed E-state index contributed by atoms with van der Waals surface area (Å²) in [7, 11) is 0. The van der Waals surface area contributed by atoms with Crippen LogP contribution in [0.15, 0.2) is 41.1 Å². The highest BCUT2D eigenvalue weighted by Gasteiger charge is 2.19. The monoisotopic (exact) mass is 350 g/mol. The minimum absolute atomic E-state index is 0.0916. The Labute approximate surface area is 126 Å². The Hall–Kier alpha value is -2.41. The van der Waals surface area contributed by atoms with E-state index in [1.807, 2.05) is 0 Å². The highest BCUT2D eigenvalue weighted by atomic mass is 79.9. The quantitative estimate of drug-likeness (QED) is 0.749. The van der Waals surface area contributed by atoms with Crippen molar-refractivity contribution in [1.82, 2.24) is 9.97 Å². The number of hydrogen-bond donors (Lipinski definition) is 2. The molecule has 0 amide bonds. The summed E-state index contributed by atoms with van der Waals surface area (Å²) in [5.41, 5.74) is 0.161. The lowest BCUT2D eigenvalue weighted by atomic mass is 10.2. The van der Waals surface area contributed by atoms with Crippen molar-refractivity contribution in [1.29, 1.82) is 0 Å². The van der Waals surface area contributed by atoms with Gasteiger partial charge in [-0.3, -0.25) is 0 Å². The van der Waals surface area contributed by atoms with E-state index in [4.69, 9.17) is 9.84 Å². The van der Waals surface area contributed by atoms with Crippen molar-refractivity contribution < 1.29 is 19.0 Å². The highest BCUT2D eigenvalue weighted by Crippen LogP contribution is 2.31. The molecule has 0 bridgehead atoms. The second-order valence-electron chi connectivity index (χ2n) is 4.25. The number of nitrogens with one attached hydrogen (secondary N) is 1. The fraction of sp³-hybridized carbons (Fsp3) is 0. The molecule has 0 aliphatic heterocycles. The van der Waals surface area contributed by atoms with E-state index in [1.54, 1.807) is 18.3 Å². The van der Waals surface area contributed by atoms with Crippen molar-refractivity contribution in [2.75, 3.05) is 0 Å². The summed E-state index contributed by atoms with van der Waals surface area (Å²) < 4.78 is 19.6. The van der Waals surface area contributed by atoms with E-state index in [0.717, 1.165) is 11.5 Å². The summed E-state index contributed by atoms with van der Waals surface area (Å²) in [4.78, 5) is 18.2. The number of fused-ring (bicyclic) bond motifs is 1. The summed E-state index contributed by atoms with van der Waals surface area (Å²) in [6.07, 6.45) is 3.16. The van der Waals surface area contributed by atoms with Gasteiger partial charge in [-0.1, -0.05) is 15.9 Å². The van der Waals surface area contributed by atoms with E-state index in [2.05, 4.69) is 25.9 Å². The number of rotatable bonds is 3. The molecule has 0 radical (unpaired) electrons. The maximum absolute atomic E-state index is 13.8. The van der Waals surface area contributed by atoms with Crippen LogP contribution in [-0.2, 0) is 0 Å². The van der Waals surface area contributed by atoms with Crippen LogP contribution in [0.1, 0.15) is 10.4 Å². The number of ether oxygens (including phenoxy) is 1. The minimum Gasteiger partial charge on any atom is -0.477 e. The van der Waals surface area contributed by atoms with Crippen LogP contribution in [0.4, 0.5) is 4.39 Å². The summed E-state index contributed by atoms with van der Waals surface area (Å²) in [5.74, 6) is -2.04. The lowest BCUT2D eigenvalue weighted by molar-refractivity contribution is 0.0689. The number of carboxylic acids is 1. The molecule has 0 spiro atoms. The number of nitrogens with zero attached hydrogens (tertiary/aromatic N) is 1. The average molecular weight is 351 g/mol. The van der Waals surface area contributed by atoms with E-state index >= 15 is 0 Å². The molecule has 2 aromatic heterocycles. The van der Waals surface area contributed by atoms with Gasteiger partial charge in [-0.2, -0.15) is 0 Å². The first-order chi connectivity index (χ1) is 10.0. The van der Waals surface area contributed by atoms with Gasteiger partial charge in [0, 0.05) is 16.1 Å². The van der Waals surface area contributed by atoms with Crippen LogP contribution < -0.4 is 4.74 Å². The molecule has 0 saturated carbocycles. The van der Waals surface area contributed by atoms with E-state index in [1.165, 1.54) is 12.3 Å². The summed E-state index contributed by atoms with van der Waals surface area (Å²) in [6, 6.07) is 5.95. The van der Waals surface area contributed by atoms with Gasteiger partial charge in [0.15, 0.2) is 0 Å². The van der Waals surface area contributed by atoms with Crippen molar-refractivity contribution >= 4 is 32.9 Å². The molecule has 3 aromatic rings. The maximum atomic E-state index is 13.8. The molecule has 1 aromatic carbocycles. The third-order valence-electron chi connectivity index (χ3n) is 2.84. The Kier molecular flexibility index (Phi) is 3.34. The number of aromatic amines is 1. The van der Waals surface area contributed by atoms with Crippen molar-refractivity contribution in [2.45, 2.75) is 0 Å². The molecule has 0 aliphatic rings. The number of aromatic carboxylic acids is 1. The van der Waals surface area contributed by atoms with Crippen LogP contribution in [0, 0.1) is 5.82 Å². The molecule has 7 heteroatoms. The first kappa shape index (κ1) is 13.6. The van der Waals surface area contributed by atoms with Crippen molar-refractivity contribution in [3.8, 4) is 11.5 Å². The molecule has 2 heterocycles. The zero-order valence-corrected chi connectivity index (χ0v) is 12.0. The van der Waals surface area contributed by atoms with E-state index in [-0.39, 0.29) is 5.75 Å². The van der Waals surface area contributed by atoms with Gasteiger partial charge in [0.05, 0.1) is 6.20 Å². The van der Waals surface area contributed by atoms with Crippen LogP contribution in [0.3, 0.4) is 0 Å². The largest absolute Gasteiger partial charge is 0.477 e. The molecule has 0 saturated heterocycles. The molecule has 3 rings (SSSR count). The summed E-state index contributed by atoms with van der Waals surface area (Å²) >= 11 is 3.11. The van der Waals surface area contributed by atoms with Gasteiger partial charge in [-0.05, 0) is 24.3 Å².